The lowest BCUT2D eigenvalue weighted by atomic mass is 10.1. The zero-order valence-corrected chi connectivity index (χ0v) is 14.4. The molecule has 0 aliphatic carbocycles. The molecule has 1 atom stereocenters. The zero-order valence-electron chi connectivity index (χ0n) is 13.5. The minimum atomic E-state index is -0.521. The molecule has 1 fully saturated rings. The first kappa shape index (κ1) is 16.6. The second-order valence-corrected chi connectivity index (χ2v) is 7.75. The summed E-state index contributed by atoms with van der Waals surface area (Å²) in [6, 6.07) is 10.9. The van der Waals surface area contributed by atoms with Gasteiger partial charge in [-0.05, 0) is 13.8 Å². The van der Waals surface area contributed by atoms with Crippen molar-refractivity contribution in [1.29, 1.82) is 0 Å². The minimum absolute atomic E-state index is 0.120. The summed E-state index contributed by atoms with van der Waals surface area (Å²) in [6.45, 7) is 3.93. The van der Waals surface area contributed by atoms with Gasteiger partial charge in [-0.15, -0.1) is 11.8 Å². The summed E-state index contributed by atoms with van der Waals surface area (Å²) in [7, 11) is 0. The molecule has 0 unspecified atom stereocenters. The lowest BCUT2D eigenvalue weighted by Gasteiger charge is -2.32. The van der Waals surface area contributed by atoms with Crippen LogP contribution in [0.3, 0.4) is 0 Å². The van der Waals surface area contributed by atoms with Crippen LogP contribution in [0.15, 0.2) is 40.9 Å². The van der Waals surface area contributed by atoms with Crippen LogP contribution < -0.4 is 10.6 Å². The lowest BCUT2D eigenvalue weighted by Crippen LogP contribution is -2.56. The van der Waals surface area contributed by atoms with Gasteiger partial charge in [0.25, 0.3) is 0 Å². The number of thioether (sulfide) groups is 1. The first-order valence-corrected chi connectivity index (χ1v) is 8.68. The van der Waals surface area contributed by atoms with E-state index in [4.69, 9.17) is 4.52 Å². The van der Waals surface area contributed by atoms with Crippen LogP contribution in [0.2, 0.25) is 0 Å². The maximum Gasteiger partial charge on any atom is 0.243 e. The van der Waals surface area contributed by atoms with Gasteiger partial charge >= 0.3 is 0 Å². The molecule has 1 aliphatic heterocycles. The van der Waals surface area contributed by atoms with E-state index in [1.165, 1.54) is 11.8 Å². The number of nitrogens with one attached hydrogen (secondary N) is 2. The van der Waals surface area contributed by atoms with E-state index in [1.807, 2.05) is 44.2 Å². The molecule has 126 valence electrons. The van der Waals surface area contributed by atoms with E-state index in [-0.39, 0.29) is 18.4 Å². The maximum absolute atomic E-state index is 12.2. The van der Waals surface area contributed by atoms with Crippen molar-refractivity contribution < 1.29 is 14.1 Å². The summed E-state index contributed by atoms with van der Waals surface area (Å²) >= 11 is 1.48. The van der Waals surface area contributed by atoms with Crippen molar-refractivity contribution >= 4 is 23.6 Å². The molecule has 3 rings (SSSR count). The van der Waals surface area contributed by atoms with Crippen LogP contribution in [0.25, 0.3) is 11.3 Å². The lowest BCUT2D eigenvalue weighted by molar-refractivity contribution is -0.129. The van der Waals surface area contributed by atoms with Crippen LogP contribution in [0.1, 0.15) is 19.6 Å². The van der Waals surface area contributed by atoms with E-state index < -0.39 is 10.8 Å². The van der Waals surface area contributed by atoms with Crippen molar-refractivity contribution in [2.24, 2.45) is 0 Å². The van der Waals surface area contributed by atoms with E-state index in [2.05, 4.69) is 15.8 Å². The van der Waals surface area contributed by atoms with E-state index in [9.17, 15) is 9.59 Å². The van der Waals surface area contributed by atoms with Gasteiger partial charge in [-0.2, -0.15) is 0 Å². The van der Waals surface area contributed by atoms with Crippen molar-refractivity contribution in [3.8, 4) is 11.3 Å². The molecular weight excluding hydrogens is 326 g/mol. The number of carbonyl (C=O) groups is 2. The van der Waals surface area contributed by atoms with E-state index >= 15 is 0 Å². The van der Waals surface area contributed by atoms with Gasteiger partial charge in [0.15, 0.2) is 5.76 Å². The van der Waals surface area contributed by atoms with E-state index in [0.717, 1.165) is 11.3 Å². The number of carbonyl (C=O) groups excluding carboxylic acids is 2. The molecule has 2 aromatic rings. The summed E-state index contributed by atoms with van der Waals surface area (Å²) in [4.78, 5) is 24.1. The Morgan fingerprint density at radius 2 is 2.17 bits per heavy atom. The standard InChI is InChI=1S/C17H19N3O3S/c1-17(2)16(22)19-14(10-24-17)15(21)18-9-12-8-13(20-23-12)11-6-4-3-5-7-11/h3-8,14H,9-10H2,1-2H3,(H,18,21)(H,19,22)/t14-/m0/s1. The van der Waals surface area contributed by atoms with Gasteiger partial charge < -0.3 is 15.2 Å². The molecule has 1 saturated heterocycles. The topological polar surface area (TPSA) is 84.2 Å². The first-order valence-electron chi connectivity index (χ1n) is 7.69. The number of hydrogen-bond donors (Lipinski definition) is 2. The summed E-state index contributed by atoms with van der Waals surface area (Å²) < 4.78 is 4.76. The van der Waals surface area contributed by atoms with Crippen molar-refractivity contribution in [3.05, 3.63) is 42.2 Å². The molecule has 7 heteroatoms. The largest absolute Gasteiger partial charge is 0.359 e. The average Bonchev–Trinajstić information content (AvgIpc) is 3.05. The highest BCUT2D eigenvalue weighted by Gasteiger charge is 2.37. The highest BCUT2D eigenvalue weighted by molar-refractivity contribution is 8.01. The summed E-state index contributed by atoms with van der Waals surface area (Å²) in [5.74, 6) is 0.780. The number of hydrogen-bond acceptors (Lipinski definition) is 5. The molecule has 0 saturated carbocycles. The van der Waals surface area contributed by atoms with Gasteiger partial charge in [0.2, 0.25) is 11.8 Å². The van der Waals surface area contributed by atoms with Crippen LogP contribution >= 0.6 is 11.8 Å². The van der Waals surface area contributed by atoms with Crippen molar-refractivity contribution in [3.63, 3.8) is 0 Å². The third kappa shape index (κ3) is 3.62. The maximum atomic E-state index is 12.2. The van der Waals surface area contributed by atoms with Crippen LogP contribution in [-0.4, -0.2) is 33.5 Å². The Morgan fingerprint density at radius 1 is 1.42 bits per heavy atom. The van der Waals surface area contributed by atoms with Crippen molar-refractivity contribution in [2.45, 2.75) is 31.2 Å². The molecule has 0 spiro atoms. The molecule has 0 bridgehead atoms. The third-order valence-corrected chi connectivity index (χ3v) is 5.25. The normalized spacial score (nSPS) is 19.6. The fraction of sp³-hybridized carbons (Fsp3) is 0.353. The molecular formula is C17H19N3O3S. The summed E-state index contributed by atoms with van der Waals surface area (Å²) in [6.07, 6.45) is 0. The van der Waals surface area contributed by atoms with Crippen molar-refractivity contribution in [2.75, 3.05) is 5.75 Å². The first-order chi connectivity index (χ1) is 11.5. The minimum Gasteiger partial charge on any atom is -0.359 e. The molecule has 6 nitrogen and oxygen atoms in total. The third-order valence-electron chi connectivity index (χ3n) is 3.84. The number of nitrogens with zero attached hydrogens (tertiary/aromatic N) is 1. The van der Waals surface area contributed by atoms with Crippen LogP contribution in [-0.2, 0) is 16.1 Å². The van der Waals surface area contributed by atoms with Gasteiger partial charge in [-0.1, -0.05) is 35.5 Å². The van der Waals surface area contributed by atoms with E-state index in [0.29, 0.717) is 11.5 Å². The monoisotopic (exact) mass is 345 g/mol. The van der Waals surface area contributed by atoms with Gasteiger partial charge in [-0.25, -0.2) is 0 Å². The Bertz CT molecular complexity index is 743. The molecule has 2 N–H and O–H groups in total. The van der Waals surface area contributed by atoms with Gasteiger partial charge in [-0.3, -0.25) is 9.59 Å². The smallest absolute Gasteiger partial charge is 0.243 e. The molecule has 0 radical (unpaired) electrons. The Kier molecular flexibility index (Phi) is 4.62. The molecule has 1 aliphatic rings. The van der Waals surface area contributed by atoms with Crippen molar-refractivity contribution in [1.82, 2.24) is 15.8 Å². The Morgan fingerprint density at radius 3 is 2.88 bits per heavy atom. The zero-order chi connectivity index (χ0) is 17.2. The second kappa shape index (κ2) is 6.68. The molecule has 2 heterocycles. The number of amides is 2. The van der Waals surface area contributed by atoms with Gasteiger partial charge in [0.1, 0.15) is 11.7 Å². The summed E-state index contributed by atoms with van der Waals surface area (Å²) in [5.41, 5.74) is 1.68. The highest BCUT2D eigenvalue weighted by Crippen LogP contribution is 2.29. The fourth-order valence-electron chi connectivity index (χ4n) is 2.31. The number of rotatable bonds is 4. The van der Waals surface area contributed by atoms with Gasteiger partial charge in [0, 0.05) is 17.4 Å². The van der Waals surface area contributed by atoms with Crippen LogP contribution in [0, 0.1) is 0 Å². The molecule has 1 aromatic heterocycles. The fourth-order valence-corrected chi connectivity index (χ4v) is 3.32. The highest BCUT2D eigenvalue weighted by atomic mass is 32.2. The number of aromatic nitrogens is 1. The van der Waals surface area contributed by atoms with E-state index in [1.54, 1.807) is 6.07 Å². The Hall–Kier alpha value is -2.28. The van der Waals surface area contributed by atoms with Gasteiger partial charge in [0.05, 0.1) is 11.3 Å². The van der Waals surface area contributed by atoms with Crippen LogP contribution in [0.4, 0.5) is 0 Å². The summed E-state index contributed by atoms with van der Waals surface area (Å²) in [5, 5.41) is 9.54. The quantitative estimate of drug-likeness (QED) is 0.885. The predicted molar refractivity (Wildman–Crippen MR) is 92.3 cm³/mol. The predicted octanol–water partition coefficient (Wildman–Crippen LogP) is 1.97. The average molecular weight is 345 g/mol. The van der Waals surface area contributed by atoms with Crippen LogP contribution in [0.5, 0.6) is 0 Å². The Labute approximate surface area is 144 Å². The number of benzene rings is 1. The second-order valence-electron chi connectivity index (χ2n) is 6.11. The molecule has 2 amide bonds. The molecule has 1 aromatic carbocycles. The Balaban J connectivity index is 1.56. The molecule has 24 heavy (non-hydrogen) atoms. The SMILES string of the molecule is CC1(C)SC[C@@H](C(=O)NCc2cc(-c3ccccc3)no2)NC1=O.